The van der Waals surface area contributed by atoms with Gasteiger partial charge in [-0.05, 0) is 25.8 Å². The van der Waals surface area contributed by atoms with Crippen molar-refractivity contribution in [2.75, 3.05) is 18.1 Å². The van der Waals surface area contributed by atoms with E-state index in [2.05, 4.69) is 4.98 Å². The van der Waals surface area contributed by atoms with E-state index in [4.69, 9.17) is 0 Å². The van der Waals surface area contributed by atoms with E-state index in [-0.39, 0.29) is 28.7 Å². The van der Waals surface area contributed by atoms with Gasteiger partial charge in [-0.1, -0.05) is 18.7 Å². The first-order valence-electron chi connectivity index (χ1n) is 9.10. The van der Waals surface area contributed by atoms with Gasteiger partial charge < -0.3 is 4.90 Å². The third-order valence-corrected chi connectivity index (χ3v) is 8.46. The number of thiazole rings is 1. The van der Waals surface area contributed by atoms with Crippen LogP contribution in [0.4, 0.5) is 5.69 Å². The van der Waals surface area contributed by atoms with E-state index in [1.807, 2.05) is 19.2 Å². The minimum atomic E-state index is -3.17. The van der Waals surface area contributed by atoms with Gasteiger partial charge in [0, 0.05) is 40.7 Å². The summed E-state index contributed by atoms with van der Waals surface area (Å²) < 4.78 is 24.6. The number of hydrogen-bond acceptors (Lipinski definition) is 8. The summed E-state index contributed by atoms with van der Waals surface area (Å²) in [6.45, 7) is 4.17. The van der Waals surface area contributed by atoms with E-state index in [1.165, 1.54) is 35.2 Å². The van der Waals surface area contributed by atoms with Crippen LogP contribution in [0.2, 0.25) is 0 Å². The number of nitrogens with zero attached hydrogens (tertiary/aromatic N) is 3. The second-order valence-corrected chi connectivity index (χ2v) is 11.2. The van der Waals surface area contributed by atoms with Gasteiger partial charge in [-0.3, -0.25) is 14.9 Å². The zero-order valence-electron chi connectivity index (χ0n) is 16.0. The molecule has 2 aromatic rings. The maximum Gasteiger partial charge on any atom is 0.270 e. The first-order valence-corrected chi connectivity index (χ1v) is 12.6. The molecule has 0 bridgehead atoms. The van der Waals surface area contributed by atoms with Gasteiger partial charge in [0.1, 0.15) is 0 Å². The molecule has 1 aliphatic heterocycles. The molecule has 11 heteroatoms. The van der Waals surface area contributed by atoms with Crippen molar-refractivity contribution in [3.05, 3.63) is 45.0 Å². The molecule has 1 saturated heterocycles. The van der Waals surface area contributed by atoms with Gasteiger partial charge in [-0.25, -0.2) is 13.4 Å². The van der Waals surface area contributed by atoms with Crippen molar-refractivity contribution in [1.29, 1.82) is 0 Å². The fourth-order valence-electron chi connectivity index (χ4n) is 3.23. The Morgan fingerprint density at radius 1 is 1.45 bits per heavy atom. The monoisotopic (exact) mass is 455 g/mol. The SMILES string of the molecule is CCCN(C(=O)c1cc([N+](=O)[O-])ccc1Sc1nc(C)cs1)[C@@H]1CCS(=O)(=O)C1. The molecule has 0 radical (unpaired) electrons. The van der Waals surface area contributed by atoms with E-state index in [0.717, 1.165) is 10.0 Å². The lowest BCUT2D eigenvalue weighted by Gasteiger charge is -2.28. The Morgan fingerprint density at radius 3 is 2.76 bits per heavy atom. The van der Waals surface area contributed by atoms with Gasteiger partial charge in [0.05, 0.1) is 22.0 Å². The van der Waals surface area contributed by atoms with Crippen LogP contribution in [0, 0.1) is 17.0 Å². The Bertz CT molecular complexity index is 1040. The quantitative estimate of drug-likeness (QED) is 0.464. The highest BCUT2D eigenvalue weighted by molar-refractivity contribution is 8.01. The number of sulfone groups is 1. The highest BCUT2D eigenvalue weighted by Crippen LogP contribution is 2.35. The zero-order valence-corrected chi connectivity index (χ0v) is 18.5. The van der Waals surface area contributed by atoms with Gasteiger partial charge in [0.25, 0.3) is 11.6 Å². The Morgan fingerprint density at radius 2 is 2.21 bits per heavy atom. The number of non-ortho nitro benzene ring substituents is 1. The summed E-state index contributed by atoms with van der Waals surface area (Å²) in [7, 11) is -3.17. The van der Waals surface area contributed by atoms with E-state index in [9.17, 15) is 23.3 Å². The lowest BCUT2D eigenvalue weighted by atomic mass is 10.1. The predicted octanol–water partition coefficient (Wildman–Crippen LogP) is 3.55. The van der Waals surface area contributed by atoms with Crippen LogP contribution in [-0.4, -0.2) is 53.2 Å². The topological polar surface area (TPSA) is 110 Å². The van der Waals surface area contributed by atoms with Gasteiger partial charge >= 0.3 is 0 Å². The number of amides is 1. The number of nitro groups is 1. The molecule has 1 amide bonds. The van der Waals surface area contributed by atoms with Crippen molar-refractivity contribution in [3.8, 4) is 0 Å². The smallest absolute Gasteiger partial charge is 0.270 e. The number of benzene rings is 1. The Kier molecular flexibility index (Phi) is 6.59. The van der Waals surface area contributed by atoms with Crippen molar-refractivity contribution in [2.24, 2.45) is 0 Å². The second kappa shape index (κ2) is 8.80. The minimum Gasteiger partial charge on any atom is -0.335 e. The van der Waals surface area contributed by atoms with E-state index < -0.39 is 20.8 Å². The molecular formula is C18H21N3O5S3. The summed E-state index contributed by atoms with van der Waals surface area (Å²) in [5.74, 6) is -0.393. The molecule has 8 nitrogen and oxygen atoms in total. The molecule has 0 saturated carbocycles. The molecule has 0 aliphatic carbocycles. The van der Waals surface area contributed by atoms with Crippen molar-refractivity contribution in [3.63, 3.8) is 0 Å². The van der Waals surface area contributed by atoms with Crippen LogP contribution in [0.5, 0.6) is 0 Å². The maximum atomic E-state index is 13.4. The lowest BCUT2D eigenvalue weighted by molar-refractivity contribution is -0.384. The molecule has 156 valence electrons. The number of hydrogen-bond donors (Lipinski definition) is 0. The fourth-order valence-corrected chi connectivity index (χ4v) is 6.86. The van der Waals surface area contributed by atoms with Crippen molar-refractivity contribution < 1.29 is 18.1 Å². The molecule has 1 aromatic carbocycles. The minimum absolute atomic E-state index is 0.0557. The highest BCUT2D eigenvalue weighted by atomic mass is 32.2. The first-order chi connectivity index (χ1) is 13.7. The molecule has 0 spiro atoms. The van der Waals surface area contributed by atoms with Crippen LogP contribution in [0.25, 0.3) is 0 Å². The average Bonchev–Trinajstić information content (AvgIpc) is 3.23. The number of aryl methyl sites for hydroxylation is 1. The Labute approximate surface area is 177 Å². The third kappa shape index (κ3) is 5.14. The van der Waals surface area contributed by atoms with Gasteiger partial charge in [-0.15, -0.1) is 11.3 Å². The van der Waals surface area contributed by atoms with Crippen molar-refractivity contribution in [1.82, 2.24) is 9.88 Å². The summed E-state index contributed by atoms with van der Waals surface area (Å²) in [5.41, 5.74) is 0.884. The highest BCUT2D eigenvalue weighted by Gasteiger charge is 2.35. The van der Waals surface area contributed by atoms with Crippen LogP contribution in [0.15, 0.2) is 32.8 Å². The summed E-state index contributed by atoms with van der Waals surface area (Å²) in [5, 5.41) is 13.2. The van der Waals surface area contributed by atoms with Crippen molar-refractivity contribution >= 4 is 44.5 Å². The molecule has 1 atom stereocenters. The number of carbonyl (C=O) groups excluding carboxylic acids is 1. The largest absolute Gasteiger partial charge is 0.335 e. The summed E-state index contributed by atoms with van der Waals surface area (Å²) in [6.07, 6.45) is 1.04. The normalized spacial score (nSPS) is 17.9. The molecule has 29 heavy (non-hydrogen) atoms. The molecule has 1 aliphatic rings. The number of rotatable bonds is 7. The second-order valence-electron chi connectivity index (χ2n) is 6.85. The standard InChI is InChI=1S/C18H21N3O5S3/c1-3-7-20(14-6-8-29(25,26)11-14)17(22)15-9-13(21(23)24)4-5-16(15)28-18-19-12(2)10-27-18/h4-5,9-10,14H,3,6-8,11H2,1-2H3/t14-/m1/s1. The third-order valence-electron chi connectivity index (χ3n) is 4.57. The van der Waals surface area contributed by atoms with Crippen LogP contribution < -0.4 is 0 Å². The average molecular weight is 456 g/mol. The van der Waals surface area contributed by atoms with Gasteiger partial charge in [-0.2, -0.15) is 0 Å². The van der Waals surface area contributed by atoms with E-state index >= 15 is 0 Å². The van der Waals surface area contributed by atoms with Gasteiger partial charge in [0.15, 0.2) is 14.2 Å². The molecule has 2 heterocycles. The zero-order chi connectivity index (χ0) is 21.2. The van der Waals surface area contributed by atoms with Gasteiger partial charge in [0.2, 0.25) is 0 Å². The van der Waals surface area contributed by atoms with Crippen LogP contribution >= 0.6 is 23.1 Å². The van der Waals surface area contributed by atoms with Crippen LogP contribution in [0.3, 0.4) is 0 Å². The van der Waals surface area contributed by atoms with Crippen molar-refractivity contribution in [2.45, 2.75) is 42.0 Å². The molecular weight excluding hydrogens is 434 g/mol. The Balaban J connectivity index is 1.99. The molecule has 1 fully saturated rings. The number of aromatic nitrogens is 1. The fraction of sp³-hybridized carbons (Fsp3) is 0.444. The maximum absolute atomic E-state index is 13.4. The van der Waals surface area contributed by atoms with E-state index in [1.54, 1.807) is 11.0 Å². The number of carbonyl (C=O) groups is 1. The number of nitro benzene ring substituents is 1. The first kappa shape index (κ1) is 21.7. The predicted molar refractivity (Wildman–Crippen MR) is 112 cm³/mol. The summed E-state index contributed by atoms with van der Waals surface area (Å²) in [6, 6.07) is 3.79. The molecule has 1 aromatic heterocycles. The molecule has 3 rings (SSSR count). The van der Waals surface area contributed by atoms with Crippen LogP contribution in [-0.2, 0) is 9.84 Å². The molecule has 0 N–H and O–H groups in total. The molecule has 0 unspecified atom stereocenters. The van der Waals surface area contributed by atoms with E-state index in [0.29, 0.717) is 24.3 Å². The van der Waals surface area contributed by atoms with Crippen LogP contribution in [0.1, 0.15) is 35.8 Å². The summed E-state index contributed by atoms with van der Waals surface area (Å²) in [4.78, 5) is 30.6. The lowest BCUT2D eigenvalue weighted by Crippen LogP contribution is -2.41. The Hall–Kier alpha value is -1.98. The summed E-state index contributed by atoms with van der Waals surface area (Å²) >= 11 is 2.71.